The van der Waals surface area contributed by atoms with Crippen molar-refractivity contribution in [2.24, 2.45) is 0 Å². The third kappa shape index (κ3) is 2.79. The van der Waals surface area contributed by atoms with Gasteiger partial charge in [0.05, 0.1) is 6.26 Å². The van der Waals surface area contributed by atoms with Gasteiger partial charge in [0.2, 0.25) is 0 Å². The summed E-state index contributed by atoms with van der Waals surface area (Å²) < 4.78 is 26.8. The number of anilines is 1. The Morgan fingerprint density at radius 2 is 2.15 bits per heavy atom. The molecule has 0 saturated carbocycles. The second kappa shape index (κ2) is 4.97. The van der Waals surface area contributed by atoms with Crippen LogP contribution in [0.4, 0.5) is 5.13 Å². The van der Waals surface area contributed by atoms with Crippen LogP contribution in [0.25, 0.3) is 0 Å². The van der Waals surface area contributed by atoms with Crippen molar-refractivity contribution in [3.8, 4) is 0 Å². The summed E-state index contributed by atoms with van der Waals surface area (Å²) in [6.45, 7) is 2.58. The first-order valence-corrected chi connectivity index (χ1v) is 9.00. The van der Waals surface area contributed by atoms with Gasteiger partial charge in [0, 0.05) is 31.6 Å². The molecule has 2 aliphatic heterocycles. The van der Waals surface area contributed by atoms with Gasteiger partial charge < -0.3 is 9.80 Å². The third-order valence-electron chi connectivity index (χ3n) is 3.28. The molecule has 0 radical (unpaired) electrons. The van der Waals surface area contributed by atoms with E-state index >= 15 is 0 Å². The molecule has 3 heterocycles. The van der Waals surface area contributed by atoms with Crippen molar-refractivity contribution in [2.45, 2.75) is 12.5 Å². The highest BCUT2D eigenvalue weighted by Crippen LogP contribution is 2.27. The molecule has 20 heavy (non-hydrogen) atoms. The van der Waals surface area contributed by atoms with Crippen molar-refractivity contribution in [1.82, 2.24) is 9.88 Å². The van der Waals surface area contributed by atoms with Gasteiger partial charge in [0.25, 0.3) is 16.0 Å². The smallest absolute Gasteiger partial charge is 0.273 e. The van der Waals surface area contributed by atoms with E-state index in [0.717, 1.165) is 30.9 Å². The number of nitrogens with zero attached hydrogens (tertiary/aromatic N) is 3. The van der Waals surface area contributed by atoms with Crippen LogP contribution in [-0.2, 0) is 14.3 Å². The maximum atomic E-state index is 12.0. The van der Waals surface area contributed by atoms with E-state index in [1.165, 1.54) is 11.3 Å². The fraction of sp³-hybridized carbons (Fsp3) is 0.636. The lowest BCUT2D eigenvalue weighted by Crippen LogP contribution is -2.53. The molecule has 0 unspecified atom stereocenters. The Morgan fingerprint density at radius 1 is 1.45 bits per heavy atom. The SMILES string of the molecule is CS(=O)(=O)OC1CN(c2nc(C(=O)N3CCC3)cs2)C1. The zero-order valence-corrected chi connectivity index (χ0v) is 12.6. The second-order valence-corrected chi connectivity index (χ2v) is 7.43. The number of hydrogen-bond donors (Lipinski definition) is 0. The minimum Gasteiger partial charge on any atom is -0.343 e. The van der Waals surface area contributed by atoms with Crippen LogP contribution in [-0.4, -0.2) is 62.7 Å². The van der Waals surface area contributed by atoms with E-state index in [2.05, 4.69) is 4.98 Å². The van der Waals surface area contributed by atoms with Crippen LogP contribution in [0.3, 0.4) is 0 Å². The van der Waals surface area contributed by atoms with E-state index < -0.39 is 10.1 Å². The Kier molecular flexibility index (Phi) is 3.43. The van der Waals surface area contributed by atoms with Crippen molar-refractivity contribution >= 4 is 32.5 Å². The molecule has 7 nitrogen and oxygen atoms in total. The lowest BCUT2D eigenvalue weighted by atomic mass is 10.2. The molecule has 1 amide bonds. The number of likely N-dealkylation sites (tertiary alicyclic amines) is 1. The van der Waals surface area contributed by atoms with Crippen molar-refractivity contribution in [3.63, 3.8) is 0 Å². The number of thiazole rings is 1. The van der Waals surface area contributed by atoms with Gasteiger partial charge in [0.15, 0.2) is 5.13 Å². The van der Waals surface area contributed by atoms with Gasteiger partial charge in [-0.2, -0.15) is 8.42 Å². The monoisotopic (exact) mass is 317 g/mol. The minimum atomic E-state index is -3.41. The quantitative estimate of drug-likeness (QED) is 0.736. The van der Waals surface area contributed by atoms with Gasteiger partial charge in [-0.15, -0.1) is 11.3 Å². The largest absolute Gasteiger partial charge is 0.343 e. The zero-order chi connectivity index (χ0) is 14.3. The van der Waals surface area contributed by atoms with E-state index in [1.807, 2.05) is 4.90 Å². The van der Waals surface area contributed by atoms with Crippen molar-refractivity contribution in [1.29, 1.82) is 0 Å². The molecule has 1 aromatic rings. The molecule has 2 fully saturated rings. The summed E-state index contributed by atoms with van der Waals surface area (Å²) in [6.07, 6.45) is 1.78. The topological polar surface area (TPSA) is 79.8 Å². The average molecular weight is 317 g/mol. The highest BCUT2D eigenvalue weighted by atomic mass is 32.2. The standard InChI is InChI=1S/C11H15N3O4S2/c1-20(16,17)18-8-5-14(6-8)11-12-9(7-19-11)10(15)13-3-2-4-13/h7-8H,2-6H2,1H3. The molecule has 2 aliphatic rings. The predicted octanol–water partition coefficient (Wildman–Crippen LogP) is 0.154. The maximum absolute atomic E-state index is 12.0. The van der Waals surface area contributed by atoms with E-state index in [1.54, 1.807) is 10.3 Å². The highest BCUT2D eigenvalue weighted by Gasteiger charge is 2.33. The Labute approximate surface area is 121 Å². The van der Waals surface area contributed by atoms with Gasteiger partial charge in [-0.05, 0) is 6.42 Å². The first-order valence-electron chi connectivity index (χ1n) is 6.30. The molecular weight excluding hydrogens is 302 g/mol. The fourth-order valence-electron chi connectivity index (χ4n) is 2.09. The molecule has 2 saturated heterocycles. The highest BCUT2D eigenvalue weighted by molar-refractivity contribution is 7.86. The number of carbonyl (C=O) groups is 1. The molecule has 0 bridgehead atoms. The molecule has 110 valence electrons. The van der Waals surface area contributed by atoms with Crippen LogP contribution in [0.1, 0.15) is 16.9 Å². The lowest BCUT2D eigenvalue weighted by Gasteiger charge is -2.37. The van der Waals surface area contributed by atoms with Crippen LogP contribution < -0.4 is 4.90 Å². The Hall–Kier alpha value is -1.19. The number of carbonyl (C=O) groups excluding carboxylic acids is 1. The summed E-state index contributed by atoms with van der Waals surface area (Å²) in [5, 5.41) is 2.49. The average Bonchev–Trinajstić information content (AvgIpc) is 2.67. The molecule has 0 spiro atoms. The number of rotatable bonds is 4. The minimum absolute atomic E-state index is 0.0248. The maximum Gasteiger partial charge on any atom is 0.273 e. The van der Waals surface area contributed by atoms with Crippen LogP contribution >= 0.6 is 11.3 Å². The molecule has 9 heteroatoms. The summed E-state index contributed by atoms with van der Waals surface area (Å²) in [5.41, 5.74) is 0.470. The molecule has 0 atom stereocenters. The molecule has 0 N–H and O–H groups in total. The molecule has 0 aromatic carbocycles. The second-order valence-electron chi connectivity index (χ2n) is 4.99. The summed E-state index contributed by atoms with van der Waals surface area (Å²) in [7, 11) is -3.41. The summed E-state index contributed by atoms with van der Waals surface area (Å²) in [5.74, 6) is -0.0248. The summed E-state index contributed by atoms with van der Waals surface area (Å²) in [6, 6.07) is 0. The van der Waals surface area contributed by atoms with Crippen LogP contribution in [0.5, 0.6) is 0 Å². The molecule has 3 rings (SSSR count). The zero-order valence-electron chi connectivity index (χ0n) is 11.0. The van der Waals surface area contributed by atoms with Crippen LogP contribution in [0.2, 0.25) is 0 Å². The van der Waals surface area contributed by atoms with E-state index in [4.69, 9.17) is 4.18 Å². The number of amides is 1. The van der Waals surface area contributed by atoms with Crippen molar-refractivity contribution in [3.05, 3.63) is 11.1 Å². The van der Waals surface area contributed by atoms with Gasteiger partial charge in [0.1, 0.15) is 11.8 Å². The number of aromatic nitrogens is 1. The normalized spacial score (nSPS) is 19.6. The first-order chi connectivity index (χ1) is 9.42. The van der Waals surface area contributed by atoms with E-state index in [9.17, 15) is 13.2 Å². The van der Waals surface area contributed by atoms with Gasteiger partial charge in [-0.1, -0.05) is 0 Å². The Bertz CT molecular complexity index is 617. The van der Waals surface area contributed by atoms with Gasteiger partial charge >= 0.3 is 0 Å². The van der Waals surface area contributed by atoms with Crippen molar-refractivity contribution < 1.29 is 17.4 Å². The van der Waals surface area contributed by atoms with Crippen LogP contribution in [0, 0.1) is 0 Å². The molecular formula is C11H15N3O4S2. The Balaban J connectivity index is 1.57. The predicted molar refractivity (Wildman–Crippen MR) is 74.6 cm³/mol. The molecule has 0 aliphatic carbocycles. The van der Waals surface area contributed by atoms with Gasteiger partial charge in [-0.3, -0.25) is 8.98 Å². The Morgan fingerprint density at radius 3 is 2.70 bits per heavy atom. The third-order valence-corrected chi connectivity index (χ3v) is 4.81. The molecule has 1 aromatic heterocycles. The summed E-state index contributed by atoms with van der Waals surface area (Å²) in [4.78, 5) is 20.0. The van der Waals surface area contributed by atoms with E-state index in [-0.39, 0.29) is 12.0 Å². The van der Waals surface area contributed by atoms with E-state index in [0.29, 0.717) is 18.8 Å². The first kappa shape index (κ1) is 13.8. The lowest BCUT2D eigenvalue weighted by molar-refractivity contribution is 0.0646. The van der Waals surface area contributed by atoms with Crippen molar-refractivity contribution in [2.75, 3.05) is 37.3 Å². The number of hydrogen-bond acceptors (Lipinski definition) is 7. The van der Waals surface area contributed by atoms with Gasteiger partial charge in [-0.25, -0.2) is 4.98 Å². The summed E-state index contributed by atoms with van der Waals surface area (Å²) >= 11 is 1.40. The fourth-order valence-corrected chi connectivity index (χ4v) is 3.53. The van der Waals surface area contributed by atoms with Crippen LogP contribution in [0.15, 0.2) is 5.38 Å².